The number of ketones is 1. The van der Waals surface area contributed by atoms with Crippen LogP contribution in [0.15, 0.2) is 24.3 Å². The molecule has 2 fully saturated rings. The number of hydrogen-bond acceptors (Lipinski definition) is 7. The molecule has 0 radical (unpaired) electrons. The molecule has 2 N–H and O–H groups in total. The van der Waals surface area contributed by atoms with E-state index in [1.54, 1.807) is 6.92 Å². The van der Waals surface area contributed by atoms with Gasteiger partial charge < -0.3 is 34.3 Å². The number of ether oxygens (including phenoxy) is 1. The molecule has 43 heavy (non-hydrogen) atoms. The monoisotopic (exact) mass is 611 g/mol. The average Bonchev–Trinajstić information content (AvgIpc) is 3.34. The second-order valence-electron chi connectivity index (χ2n) is 11.2. The summed E-state index contributed by atoms with van der Waals surface area (Å²) in [6.45, 7) is 10.6. The number of imidazole rings is 1. The molecule has 238 valence electrons. The minimum atomic E-state index is -5.08. The van der Waals surface area contributed by atoms with E-state index in [1.807, 2.05) is 38.6 Å². The Hall–Kier alpha value is -3.52. The van der Waals surface area contributed by atoms with Gasteiger partial charge in [0.1, 0.15) is 5.78 Å². The van der Waals surface area contributed by atoms with Crippen molar-refractivity contribution in [3.05, 3.63) is 30.1 Å². The molecule has 2 aliphatic heterocycles. The van der Waals surface area contributed by atoms with Crippen molar-refractivity contribution in [3.8, 4) is 0 Å². The van der Waals surface area contributed by atoms with Crippen LogP contribution >= 0.6 is 0 Å². The molecule has 14 heteroatoms. The largest absolute Gasteiger partial charge is 0.490 e. The van der Waals surface area contributed by atoms with Crippen molar-refractivity contribution in [1.29, 1.82) is 0 Å². The van der Waals surface area contributed by atoms with E-state index in [4.69, 9.17) is 19.6 Å². The quantitative estimate of drug-likeness (QED) is 0.442. The molecule has 0 aliphatic carbocycles. The number of rotatable bonds is 9. The first-order valence-electron chi connectivity index (χ1n) is 14.4. The number of fused-ring (bicyclic) bond motifs is 1. The lowest BCUT2D eigenvalue weighted by molar-refractivity contribution is -0.192. The first-order valence-corrected chi connectivity index (χ1v) is 14.4. The molecule has 0 unspecified atom stereocenters. The van der Waals surface area contributed by atoms with Gasteiger partial charge in [-0.15, -0.1) is 0 Å². The number of carbonyl (C=O) groups excluding carboxylic acids is 3. The molecule has 4 rings (SSSR count). The summed E-state index contributed by atoms with van der Waals surface area (Å²) in [7, 11) is 0. The molecular weight excluding hydrogens is 571 g/mol. The Morgan fingerprint density at radius 1 is 1.14 bits per heavy atom. The summed E-state index contributed by atoms with van der Waals surface area (Å²) >= 11 is 0. The molecule has 2 aromatic rings. The van der Waals surface area contributed by atoms with Crippen molar-refractivity contribution in [2.45, 2.75) is 58.8 Å². The fraction of sp³-hybridized carbons (Fsp3) is 0.621. The second-order valence-corrected chi connectivity index (χ2v) is 11.2. The number of alkyl halides is 3. The van der Waals surface area contributed by atoms with Crippen LogP contribution in [-0.4, -0.2) is 106 Å². The van der Waals surface area contributed by atoms with Gasteiger partial charge in [-0.25, -0.2) is 9.78 Å². The Kier molecular flexibility index (Phi) is 12.1. The van der Waals surface area contributed by atoms with Crippen LogP contribution in [0.25, 0.3) is 11.0 Å². The zero-order valence-corrected chi connectivity index (χ0v) is 24.7. The van der Waals surface area contributed by atoms with Gasteiger partial charge in [0.25, 0.3) is 5.91 Å². The normalized spacial score (nSPS) is 19.1. The smallest absolute Gasteiger partial charge is 0.475 e. The number of aryl methyl sites for hydroxylation is 1. The van der Waals surface area contributed by atoms with E-state index >= 15 is 0 Å². The second kappa shape index (κ2) is 15.3. The summed E-state index contributed by atoms with van der Waals surface area (Å²) in [6.07, 6.45) is -3.33. The van der Waals surface area contributed by atoms with E-state index in [0.29, 0.717) is 77.6 Å². The maximum atomic E-state index is 14.1. The van der Waals surface area contributed by atoms with Gasteiger partial charge in [-0.3, -0.25) is 9.59 Å². The van der Waals surface area contributed by atoms with Gasteiger partial charge in [-0.1, -0.05) is 26.0 Å². The summed E-state index contributed by atoms with van der Waals surface area (Å²) in [5.41, 5.74) is 1.67. The first kappa shape index (κ1) is 34.0. The van der Waals surface area contributed by atoms with Crippen molar-refractivity contribution in [3.63, 3.8) is 0 Å². The molecule has 0 spiro atoms. The highest BCUT2D eigenvalue weighted by Gasteiger charge is 2.38. The number of nitrogens with one attached hydrogen (secondary N) is 1. The van der Waals surface area contributed by atoms with Gasteiger partial charge in [0.05, 0.1) is 30.2 Å². The Labute approximate surface area is 248 Å². The number of Topliss-reactive ketones (excluding diaryl/α,β-unsaturated/α-hetero) is 1. The van der Waals surface area contributed by atoms with Gasteiger partial charge in [-0.2, -0.15) is 13.2 Å². The first-order chi connectivity index (χ1) is 20.3. The van der Waals surface area contributed by atoms with Gasteiger partial charge >= 0.3 is 12.1 Å². The average molecular weight is 612 g/mol. The van der Waals surface area contributed by atoms with Gasteiger partial charge in [0.2, 0.25) is 5.91 Å². The van der Waals surface area contributed by atoms with Crippen LogP contribution in [0.3, 0.4) is 0 Å². The van der Waals surface area contributed by atoms with E-state index in [-0.39, 0.29) is 35.5 Å². The maximum Gasteiger partial charge on any atom is 0.490 e. The molecular formula is C29H40F3N5O6. The fourth-order valence-electron chi connectivity index (χ4n) is 5.26. The number of piperidine rings is 1. The van der Waals surface area contributed by atoms with Crippen molar-refractivity contribution >= 4 is 34.6 Å². The number of benzene rings is 1. The maximum absolute atomic E-state index is 14.1. The Morgan fingerprint density at radius 2 is 1.79 bits per heavy atom. The van der Waals surface area contributed by atoms with E-state index in [0.717, 1.165) is 11.0 Å². The number of halogens is 3. The van der Waals surface area contributed by atoms with Crippen LogP contribution in [0.1, 0.15) is 50.7 Å². The molecule has 2 saturated heterocycles. The summed E-state index contributed by atoms with van der Waals surface area (Å²) in [5.74, 6) is -2.09. The highest BCUT2D eigenvalue weighted by Crippen LogP contribution is 2.24. The van der Waals surface area contributed by atoms with Crippen LogP contribution in [-0.2, 0) is 25.7 Å². The van der Waals surface area contributed by atoms with Crippen LogP contribution in [0.5, 0.6) is 0 Å². The summed E-state index contributed by atoms with van der Waals surface area (Å²) in [4.78, 5) is 56.3. The number of morpholine rings is 1. The van der Waals surface area contributed by atoms with Gasteiger partial charge in [0, 0.05) is 51.7 Å². The molecule has 0 saturated carbocycles. The van der Waals surface area contributed by atoms with E-state index in [2.05, 4.69) is 19.2 Å². The number of amides is 2. The third-order valence-electron chi connectivity index (χ3n) is 7.26. The van der Waals surface area contributed by atoms with Crippen molar-refractivity contribution in [2.75, 3.05) is 45.9 Å². The van der Waals surface area contributed by atoms with E-state index in [9.17, 15) is 27.6 Å². The molecule has 11 nitrogen and oxygen atoms in total. The van der Waals surface area contributed by atoms with E-state index < -0.39 is 12.1 Å². The Balaban J connectivity index is 0.000000646. The molecule has 2 aliphatic rings. The van der Waals surface area contributed by atoms with Gasteiger partial charge in [-0.05, 0) is 37.8 Å². The number of aliphatic carboxylic acids is 1. The lowest BCUT2D eigenvalue weighted by Gasteiger charge is -2.40. The third-order valence-corrected chi connectivity index (χ3v) is 7.26. The van der Waals surface area contributed by atoms with Gasteiger partial charge in [0.15, 0.2) is 5.82 Å². The number of carboxylic acids is 1. The lowest BCUT2D eigenvalue weighted by Crippen LogP contribution is -2.56. The number of carboxylic acid groups (broad SMARTS) is 1. The van der Waals surface area contributed by atoms with Crippen LogP contribution < -0.4 is 5.32 Å². The van der Waals surface area contributed by atoms with Crippen LogP contribution in [0.4, 0.5) is 13.2 Å². The summed E-state index contributed by atoms with van der Waals surface area (Å²) in [6, 6.07) is 7.65. The fourth-order valence-corrected chi connectivity index (χ4v) is 5.26. The topological polar surface area (TPSA) is 134 Å². The van der Waals surface area contributed by atoms with Crippen molar-refractivity contribution in [2.24, 2.45) is 11.8 Å². The number of nitrogens with zero attached hydrogens (tertiary/aromatic N) is 4. The minimum Gasteiger partial charge on any atom is -0.475 e. The lowest BCUT2D eigenvalue weighted by atomic mass is 9.92. The molecule has 2 atom stereocenters. The minimum absolute atomic E-state index is 0.103. The summed E-state index contributed by atoms with van der Waals surface area (Å²) < 4.78 is 39.1. The number of hydrogen-bond donors (Lipinski definition) is 2. The summed E-state index contributed by atoms with van der Waals surface area (Å²) in [5, 5.41) is 10.5. The van der Waals surface area contributed by atoms with Crippen molar-refractivity contribution < 1.29 is 42.2 Å². The van der Waals surface area contributed by atoms with Crippen LogP contribution in [0.2, 0.25) is 0 Å². The predicted molar refractivity (Wildman–Crippen MR) is 151 cm³/mol. The SMILES string of the molecule is CC(=O)CCCn1c(C(=O)N(CC(C)C)[C@@H]2CNC[C@H](C(=O)N3CCOCC3)C2)nc2ccccc21.O=C(O)C(F)(F)F. The molecule has 0 bridgehead atoms. The predicted octanol–water partition coefficient (Wildman–Crippen LogP) is 2.97. The van der Waals surface area contributed by atoms with Crippen LogP contribution in [0, 0.1) is 11.8 Å². The number of carbonyl (C=O) groups is 4. The Bertz CT molecular complexity index is 1280. The number of aromatic nitrogens is 2. The van der Waals surface area contributed by atoms with E-state index in [1.165, 1.54) is 0 Å². The highest BCUT2D eigenvalue weighted by atomic mass is 19.4. The molecule has 2 amide bonds. The highest BCUT2D eigenvalue weighted by molar-refractivity contribution is 5.95. The zero-order valence-electron chi connectivity index (χ0n) is 24.7. The standard InChI is InChI=1S/C27H39N5O4.C2HF3O2/c1-19(2)18-32(22-15-21(16-28-17-22)26(34)30-11-13-36-14-12-30)27(35)25-29-23-8-4-5-9-24(23)31(25)10-6-7-20(3)33;3-2(4,5)1(6)7/h4-5,8-9,19,21-22,28H,6-7,10-18H2,1-3H3;(H,6,7)/t21-,22+;/m1./s1. The molecule has 3 heterocycles. The number of para-hydroxylation sites is 2. The zero-order chi connectivity index (χ0) is 31.7. The molecule has 1 aromatic carbocycles. The van der Waals surface area contributed by atoms with Crippen molar-refractivity contribution in [1.82, 2.24) is 24.7 Å². The Morgan fingerprint density at radius 3 is 2.40 bits per heavy atom. The molecule has 1 aromatic heterocycles. The third kappa shape index (κ3) is 9.48.